The molecule has 1 aliphatic rings. The number of anilines is 3. The van der Waals surface area contributed by atoms with Gasteiger partial charge in [0.2, 0.25) is 11.9 Å². The van der Waals surface area contributed by atoms with Crippen LogP contribution < -0.4 is 10.2 Å². The number of aromatic nitrogens is 5. The maximum absolute atomic E-state index is 12.8. The first-order valence-electron chi connectivity index (χ1n) is 10.8. The Labute approximate surface area is 191 Å². The monoisotopic (exact) mass is 440 g/mol. The molecule has 4 heterocycles. The van der Waals surface area contributed by atoms with Gasteiger partial charge >= 0.3 is 0 Å². The first kappa shape index (κ1) is 20.6. The van der Waals surface area contributed by atoms with Crippen LogP contribution in [-0.2, 0) is 11.2 Å². The lowest BCUT2D eigenvalue weighted by Crippen LogP contribution is -2.49. The molecule has 3 aromatic heterocycles. The molecular formula is C24H24N8O. The van der Waals surface area contributed by atoms with E-state index in [9.17, 15) is 4.79 Å². The van der Waals surface area contributed by atoms with Crippen LogP contribution in [-0.4, -0.2) is 61.8 Å². The number of amides is 1. The lowest BCUT2D eigenvalue weighted by molar-refractivity contribution is -0.130. The van der Waals surface area contributed by atoms with Crippen LogP contribution in [0.5, 0.6) is 0 Å². The summed E-state index contributed by atoms with van der Waals surface area (Å²) in [5.41, 5.74) is 3.61. The normalized spacial score (nSPS) is 13.8. The van der Waals surface area contributed by atoms with Crippen LogP contribution >= 0.6 is 0 Å². The number of carbonyl (C=O) groups excluding carboxylic acids is 1. The second-order valence-corrected chi connectivity index (χ2v) is 8.05. The third-order valence-electron chi connectivity index (χ3n) is 5.72. The molecule has 9 nitrogen and oxygen atoms in total. The van der Waals surface area contributed by atoms with Gasteiger partial charge in [-0.15, -0.1) is 11.5 Å². The fourth-order valence-corrected chi connectivity index (χ4v) is 3.91. The number of fused-ring (bicyclic) bond motifs is 1. The van der Waals surface area contributed by atoms with E-state index in [0.717, 1.165) is 22.3 Å². The van der Waals surface area contributed by atoms with Gasteiger partial charge in [-0.25, -0.2) is 4.52 Å². The molecule has 0 spiro atoms. The van der Waals surface area contributed by atoms with E-state index >= 15 is 0 Å². The molecule has 4 aromatic rings. The van der Waals surface area contributed by atoms with Gasteiger partial charge in [-0.05, 0) is 36.8 Å². The highest BCUT2D eigenvalue weighted by Crippen LogP contribution is 2.22. The quantitative estimate of drug-likeness (QED) is 0.463. The molecular weight excluding hydrogens is 416 g/mol. The predicted octanol–water partition coefficient (Wildman–Crippen LogP) is 2.38. The van der Waals surface area contributed by atoms with Gasteiger partial charge in [0.25, 0.3) is 0 Å². The lowest BCUT2D eigenvalue weighted by Gasteiger charge is -2.34. The highest BCUT2D eigenvalue weighted by molar-refractivity contribution is 5.79. The van der Waals surface area contributed by atoms with E-state index < -0.39 is 0 Å². The average molecular weight is 441 g/mol. The van der Waals surface area contributed by atoms with E-state index in [-0.39, 0.29) is 5.91 Å². The molecule has 0 saturated carbocycles. The molecule has 1 aliphatic heterocycles. The highest BCUT2D eigenvalue weighted by atomic mass is 16.2. The topological polar surface area (TPSA) is 94.5 Å². The first-order chi connectivity index (χ1) is 16.1. The summed E-state index contributed by atoms with van der Waals surface area (Å²) >= 11 is 0. The second-order valence-electron chi connectivity index (χ2n) is 8.05. The molecule has 1 saturated heterocycles. The van der Waals surface area contributed by atoms with Gasteiger partial charge in [-0.3, -0.25) is 9.89 Å². The maximum Gasteiger partial charge on any atom is 0.245 e. The smallest absolute Gasteiger partial charge is 0.245 e. The number of nitrogens with one attached hydrogen (secondary N) is 2. The third kappa shape index (κ3) is 4.36. The van der Waals surface area contributed by atoms with Gasteiger partial charge in [-0.2, -0.15) is 10.1 Å². The molecule has 0 bridgehead atoms. The van der Waals surface area contributed by atoms with E-state index in [1.807, 2.05) is 65.0 Å². The lowest BCUT2D eigenvalue weighted by atomic mass is 10.1. The van der Waals surface area contributed by atoms with Crippen molar-refractivity contribution in [3.8, 4) is 12.3 Å². The molecule has 0 atom stereocenters. The number of carbonyl (C=O) groups is 1. The maximum atomic E-state index is 12.8. The fourth-order valence-electron chi connectivity index (χ4n) is 3.91. The van der Waals surface area contributed by atoms with Gasteiger partial charge in [0.15, 0.2) is 11.6 Å². The summed E-state index contributed by atoms with van der Waals surface area (Å²) in [6, 6.07) is 13.4. The van der Waals surface area contributed by atoms with Crippen LogP contribution in [0.3, 0.4) is 0 Å². The Morgan fingerprint density at radius 1 is 1.18 bits per heavy atom. The summed E-state index contributed by atoms with van der Waals surface area (Å²) < 4.78 is 1.81. The molecule has 1 amide bonds. The van der Waals surface area contributed by atoms with Gasteiger partial charge in [0, 0.05) is 49.7 Å². The number of hydrogen-bond acceptors (Lipinski definition) is 6. The van der Waals surface area contributed by atoms with Crippen LogP contribution in [0.2, 0.25) is 0 Å². The zero-order valence-corrected chi connectivity index (χ0v) is 18.3. The zero-order chi connectivity index (χ0) is 22.8. The molecule has 2 N–H and O–H groups in total. The molecule has 5 rings (SSSR count). The summed E-state index contributed by atoms with van der Waals surface area (Å²) in [7, 11) is 0. The summed E-state index contributed by atoms with van der Waals surface area (Å²) in [4.78, 5) is 21.5. The van der Waals surface area contributed by atoms with Crippen molar-refractivity contribution in [1.82, 2.24) is 29.7 Å². The standard InChI is InChI=1S/C24H24N8O/c1-3-18-6-8-19(9-7-18)16-22(33)30-11-13-31(14-12-30)24-26-23(20-5-4-10-32(20)29-24)25-21-15-17(2)27-28-21/h1,4-10,15H,11-14,16H2,2H3,(H2,25,26,27,28,29). The largest absolute Gasteiger partial charge is 0.339 e. The van der Waals surface area contributed by atoms with Crippen molar-refractivity contribution < 1.29 is 4.79 Å². The van der Waals surface area contributed by atoms with Crippen molar-refractivity contribution in [1.29, 1.82) is 0 Å². The molecule has 9 heteroatoms. The second kappa shape index (κ2) is 8.67. The minimum Gasteiger partial charge on any atom is -0.339 e. The Hall–Kier alpha value is -4.32. The summed E-state index contributed by atoms with van der Waals surface area (Å²) in [5, 5.41) is 15.1. The zero-order valence-electron chi connectivity index (χ0n) is 18.3. The Morgan fingerprint density at radius 3 is 2.67 bits per heavy atom. The van der Waals surface area contributed by atoms with E-state index in [0.29, 0.717) is 50.2 Å². The number of H-pyrrole nitrogens is 1. The van der Waals surface area contributed by atoms with Crippen molar-refractivity contribution in [2.75, 3.05) is 36.4 Å². The van der Waals surface area contributed by atoms with E-state index in [2.05, 4.69) is 31.4 Å². The van der Waals surface area contributed by atoms with Gasteiger partial charge in [0.05, 0.1) is 6.42 Å². The van der Waals surface area contributed by atoms with Crippen LogP contribution in [0.25, 0.3) is 5.52 Å². The third-order valence-corrected chi connectivity index (χ3v) is 5.72. The number of terminal acetylenes is 1. The first-order valence-corrected chi connectivity index (χ1v) is 10.8. The van der Waals surface area contributed by atoms with Crippen molar-refractivity contribution in [2.45, 2.75) is 13.3 Å². The van der Waals surface area contributed by atoms with Crippen LogP contribution in [0.1, 0.15) is 16.8 Å². The molecule has 1 aromatic carbocycles. The number of benzene rings is 1. The molecule has 0 unspecified atom stereocenters. The minimum absolute atomic E-state index is 0.112. The fraction of sp³-hybridized carbons (Fsp3) is 0.250. The molecule has 0 radical (unpaired) electrons. The summed E-state index contributed by atoms with van der Waals surface area (Å²) in [6.07, 6.45) is 7.67. The summed E-state index contributed by atoms with van der Waals surface area (Å²) in [6.45, 7) is 4.51. The van der Waals surface area contributed by atoms with Crippen molar-refractivity contribution in [3.63, 3.8) is 0 Å². The highest BCUT2D eigenvalue weighted by Gasteiger charge is 2.24. The Kier molecular flexibility index (Phi) is 5.40. The number of aromatic amines is 1. The van der Waals surface area contributed by atoms with Gasteiger partial charge in [-0.1, -0.05) is 18.1 Å². The van der Waals surface area contributed by atoms with Crippen LogP contribution in [0.15, 0.2) is 48.7 Å². The average Bonchev–Trinajstić information content (AvgIpc) is 3.48. The number of aryl methyl sites for hydroxylation is 1. The van der Waals surface area contributed by atoms with Crippen molar-refractivity contribution in [3.05, 3.63) is 65.5 Å². The van der Waals surface area contributed by atoms with Crippen molar-refractivity contribution >= 4 is 29.0 Å². The van der Waals surface area contributed by atoms with E-state index in [4.69, 9.17) is 11.4 Å². The molecule has 33 heavy (non-hydrogen) atoms. The van der Waals surface area contributed by atoms with E-state index in [1.165, 1.54) is 0 Å². The minimum atomic E-state index is 0.112. The predicted molar refractivity (Wildman–Crippen MR) is 126 cm³/mol. The SMILES string of the molecule is C#Cc1ccc(CC(=O)N2CCN(c3nc(Nc4cc(C)[nH]n4)c4cccn4n3)CC2)cc1. The Morgan fingerprint density at radius 2 is 1.97 bits per heavy atom. The number of rotatable bonds is 5. The number of piperazine rings is 1. The number of hydrogen-bond donors (Lipinski definition) is 2. The van der Waals surface area contributed by atoms with Gasteiger partial charge in [0.1, 0.15) is 5.52 Å². The van der Waals surface area contributed by atoms with Crippen molar-refractivity contribution in [2.24, 2.45) is 0 Å². The van der Waals surface area contributed by atoms with E-state index in [1.54, 1.807) is 0 Å². The molecule has 0 aliphatic carbocycles. The summed E-state index contributed by atoms with van der Waals surface area (Å²) in [5.74, 6) is 4.71. The number of nitrogens with zero attached hydrogens (tertiary/aromatic N) is 6. The molecule has 166 valence electrons. The van der Waals surface area contributed by atoms with Gasteiger partial charge < -0.3 is 15.1 Å². The van der Waals surface area contributed by atoms with Crippen LogP contribution in [0, 0.1) is 19.3 Å². The Balaban J connectivity index is 1.27. The van der Waals surface area contributed by atoms with Crippen LogP contribution in [0.4, 0.5) is 17.6 Å². The Bertz CT molecular complexity index is 1320. The molecule has 1 fully saturated rings.